The van der Waals surface area contributed by atoms with E-state index in [4.69, 9.17) is 9.47 Å². The summed E-state index contributed by atoms with van der Waals surface area (Å²) in [5.41, 5.74) is 2.86. The van der Waals surface area contributed by atoms with E-state index in [-0.39, 0.29) is 18.0 Å². The average molecular weight is 450 g/mol. The number of carbonyl (C=O) groups excluding carboxylic acids is 1. The molecule has 0 aliphatic heterocycles. The maximum atomic E-state index is 11.9. The van der Waals surface area contributed by atoms with Gasteiger partial charge in [0.05, 0.1) is 0 Å². The van der Waals surface area contributed by atoms with Crippen LogP contribution in [-0.2, 0) is 25.6 Å². The summed E-state index contributed by atoms with van der Waals surface area (Å²) in [6, 6.07) is 4.26. The van der Waals surface area contributed by atoms with E-state index in [1.807, 2.05) is 20.8 Å². The van der Waals surface area contributed by atoms with Crippen molar-refractivity contribution in [1.82, 2.24) is 0 Å². The molecule has 23 heavy (non-hydrogen) atoms. The summed E-state index contributed by atoms with van der Waals surface area (Å²) in [6.45, 7) is 12.0. The molecule has 0 aromatic heterocycles. The Bertz CT molecular complexity index is 529. The van der Waals surface area contributed by atoms with Gasteiger partial charge in [-0.25, -0.2) is 4.79 Å². The molecule has 0 fully saturated rings. The van der Waals surface area contributed by atoms with Crippen LogP contribution in [0.2, 0.25) is 0 Å². The van der Waals surface area contributed by atoms with Gasteiger partial charge in [0.15, 0.2) is 6.61 Å². The van der Waals surface area contributed by atoms with E-state index in [1.54, 1.807) is 0 Å². The van der Waals surface area contributed by atoms with Crippen LogP contribution in [0.3, 0.4) is 0 Å². The summed E-state index contributed by atoms with van der Waals surface area (Å²) in [5, 5.41) is 1.33. The molecule has 1 rings (SSSR count). The molecule has 5 heteroatoms. The second-order valence-corrected chi connectivity index (χ2v) is 8.64. The lowest BCUT2D eigenvalue weighted by molar-refractivity contribution is -0.157. The largest absolute Gasteiger partial charge is 0.481 e. The van der Waals surface area contributed by atoms with Gasteiger partial charge in [0.1, 0.15) is 11.4 Å². The predicted molar refractivity (Wildman–Crippen MR) is 102 cm³/mol. The molecule has 0 bridgehead atoms. The standard InChI is InChI=1S/C18H26Br2O3/c1-17(2,3)14-7-12(9-19)16(13(8-14)10-20)22-11-15(21)23-18(4,5)6/h7-8H,9-11H2,1-6H3. The fraction of sp³-hybridized carbons (Fsp3) is 0.611. The van der Waals surface area contributed by atoms with Gasteiger partial charge < -0.3 is 9.47 Å². The van der Waals surface area contributed by atoms with Crippen molar-refractivity contribution in [2.45, 2.75) is 63.2 Å². The highest BCUT2D eigenvalue weighted by Crippen LogP contribution is 2.34. The van der Waals surface area contributed by atoms with E-state index in [2.05, 4.69) is 64.8 Å². The zero-order valence-electron chi connectivity index (χ0n) is 14.8. The Morgan fingerprint density at radius 2 is 1.48 bits per heavy atom. The van der Waals surface area contributed by atoms with Crippen molar-refractivity contribution in [2.24, 2.45) is 0 Å². The van der Waals surface area contributed by atoms with Crippen molar-refractivity contribution in [3.63, 3.8) is 0 Å². The summed E-state index contributed by atoms with van der Waals surface area (Å²) in [7, 11) is 0. The Morgan fingerprint density at radius 3 is 1.83 bits per heavy atom. The first-order chi connectivity index (χ1) is 10.5. The summed E-state index contributed by atoms with van der Waals surface area (Å²) in [6.07, 6.45) is 0. The summed E-state index contributed by atoms with van der Waals surface area (Å²) < 4.78 is 11.1. The second kappa shape index (κ2) is 8.02. The molecule has 0 aliphatic rings. The van der Waals surface area contributed by atoms with Crippen molar-refractivity contribution in [1.29, 1.82) is 0 Å². The molecule has 0 unspecified atom stereocenters. The lowest BCUT2D eigenvalue weighted by atomic mass is 9.85. The van der Waals surface area contributed by atoms with E-state index in [1.165, 1.54) is 5.56 Å². The van der Waals surface area contributed by atoms with Gasteiger partial charge in [0.25, 0.3) is 0 Å². The quantitative estimate of drug-likeness (QED) is 0.440. The number of rotatable bonds is 5. The minimum absolute atomic E-state index is 0.0531. The molecule has 0 atom stereocenters. The van der Waals surface area contributed by atoms with Crippen molar-refractivity contribution in [2.75, 3.05) is 6.61 Å². The third-order valence-electron chi connectivity index (χ3n) is 3.15. The molecular formula is C18H26Br2O3. The number of benzene rings is 1. The molecule has 1 aromatic carbocycles. The van der Waals surface area contributed by atoms with E-state index in [0.29, 0.717) is 10.7 Å². The Morgan fingerprint density at radius 1 is 1.00 bits per heavy atom. The monoisotopic (exact) mass is 448 g/mol. The van der Waals surface area contributed by atoms with E-state index in [0.717, 1.165) is 16.9 Å². The van der Waals surface area contributed by atoms with E-state index < -0.39 is 5.60 Å². The fourth-order valence-electron chi connectivity index (χ4n) is 2.07. The highest BCUT2D eigenvalue weighted by Gasteiger charge is 2.21. The number of carbonyl (C=O) groups is 1. The SMILES string of the molecule is CC(C)(C)OC(=O)COc1c(CBr)cc(C(C)(C)C)cc1CBr. The first-order valence-electron chi connectivity index (χ1n) is 7.61. The van der Waals surface area contributed by atoms with Crippen molar-refractivity contribution >= 4 is 37.8 Å². The molecule has 0 aliphatic carbocycles. The number of ether oxygens (including phenoxy) is 2. The van der Waals surface area contributed by atoms with E-state index in [9.17, 15) is 4.79 Å². The van der Waals surface area contributed by atoms with Crippen LogP contribution in [0.15, 0.2) is 12.1 Å². The lowest BCUT2D eigenvalue weighted by Gasteiger charge is -2.24. The minimum Gasteiger partial charge on any atom is -0.481 e. The van der Waals surface area contributed by atoms with Gasteiger partial charge in [0.2, 0.25) is 0 Å². The van der Waals surface area contributed by atoms with Crippen LogP contribution < -0.4 is 4.74 Å². The first kappa shape index (κ1) is 20.5. The van der Waals surface area contributed by atoms with Gasteiger partial charge >= 0.3 is 5.97 Å². The Hall–Kier alpha value is -0.550. The maximum Gasteiger partial charge on any atom is 0.344 e. The van der Waals surface area contributed by atoms with Crippen molar-refractivity contribution in [3.8, 4) is 5.75 Å². The average Bonchev–Trinajstić information content (AvgIpc) is 2.41. The highest BCUT2D eigenvalue weighted by molar-refractivity contribution is 9.08. The number of alkyl halides is 2. The first-order valence-corrected chi connectivity index (χ1v) is 9.85. The summed E-state index contributed by atoms with van der Waals surface area (Å²) in [4.78, 5) is 11.9. The number of esters is 1. The summed E-state index contributed by atoms with van der Waals surface area (Å²) >= 11 is 7.03. The lowest BCUT2D eigenvalue weighted by Crippen LogP contribution is -2.27. The van der Waals surface area contributed by atoms with E-state index >= 15 is 0 Å². The second-order valence-electron chi connectivity index (χ2n) is 7.52. The van der Waals surface area contributed by atoms with Crippen LogP contribution in [0.5, 0.6) is 5.75 Å². The van der Waals surface area contributed by atoms with Crippen LogP contribution in [0.4, 0.5) is 0 Å². The number of hydrogen-bond donors (Lipinski definition) is 0. The zero-order valence-corrected chi connectivity index (χ0v) is 17.9. The van der Waals surface area contributed by atoms with Crippen LogP contribution >= 0.6 is 31.9 Å². The molecule has 130 valence electrons. The number of hydrogen-bond acceptors (Lipinski definition) is 3. The molecule has 1 aromatic rings. The Labute approximate surface area is 156 Å². The van der Waals surface area contributed by atoms with Gasteiger partial charge in [-0.2, -0.15) is 0 Å². The Kier molecular flexibility index (Phi) is 7.14. The van der Waals surface area contributed by atoms with Crippen LogP contribution in [0.1, 0.15) is 58.2 Å². The smallest absolute Gasteiger partial charge is 0.344 e. The summed E-state index contributed by atoms with van der Waals surface area (Å²) in [5.74, 6) is 0.385. The van der Waals surface area contributed by atoms with Gasteiger partial charge in [-0.1, -0.05) is 64.8 Å². The van der Waals surface area contributed by atoms with Gasteiger partial charge in [-0.3, -0.25) is 0 Å². The minimum atomic E-state index is -0.507. The fourth-order valence-corrected chi connectivity index (χ4v) is 2.91. The van der Waals surface area contributed by atoms with Crippen molar-refractivity contribution < 1.29 is 14.3 Å². The third kappa shape index (κ3) is 6.46. The molecule has 0 radical (unpaired) electrons. The predicted octanol–water partition coefficient (Wildman–Crippen LogP) is 5.49. The molecule has 3 nitrogen and oxygen atoms in total. The van der Waals surface area contributed by atoms with Gasteiger partial charge in [-0.15, -0.1) is 0 Å². The zero-order chi connectivity index (χ0) is 17.8. The molecule has 0 saturated heterocycles. The molecule has 0 amide bonds. The molecular weight excluding hydrogens is 424 g/mol. The Balaban J connectivity index is 3.04. The number of halogens is 2. The van der Waals surface area contributed by atoms with Crippen LogP contribution in [-0.4, -0.2) is 18.2 Å². The van der Waals surface area contributed by atoms with Crippen LogP contribution in [0.25, 0.3) is 0 Å². The third-order valence-corrected chi connectivity index (χ3v) is 4.36. The van der Waals surface area contributed by atoms with Gasteiger partial charge in [0, 0.05) is 21.8 Å². The maximum absolute atomic E-state index is 11.9. The molecule has 0 saturated carbocycles. The molecule has 0 spiro atoms. The normalized spacial score (nSPS) is 12.2. The topological polar surface area (TPSA) is 35.5 Å². The highest BCUT2D eigenvalue weighted by atomic mass is 79.9. The molecule has 0 heterocycles. The molecule has 0 N–H and O–H groups in total. The van der Waals surface area contributed by atoms with Crippen molar-refractivity contribution in [3.05, 3.63) is 28.8 Å². The van der Waals surface area contributed by atoms with Crippen LogP contribution in [0, 0.1) is 0 Å². The van der Waals surface area contributed by atoms with Gasteiger partial charge in [-0.05, 0) is 31.7 Å².